The van der Waals surface area contributed by atoms with Crippen LogP contribution in [0, 0.1) is 0 Å². The van der Waals surface area contributed by atoms with Gasteiger partial charge in [-0.1, -0.05) is 0 Å². The highest BCUT2D eigenvalue weighted by atomic mass is 16.5. The molecule has 0 atom stereocenters. The van der Waals surface area contributed by atoms with Crippen molar-refractivity contribution in [1.29, 1.82) is 0 Å². The van der Waals surface area contributed by atoms with Gasteiger partial charge < -0.3 is 9.64 Å². The number of hydrogen-bond acceptors (Lipinski definition) is 2. The van der Waals surface area contributed by atoms with Crippen LogP contribution in [0.25, 0.3) is 0 Å². The second-order valence-corrected chi connectivity index (χ2v) is 5.04. The fraction of sp³-hybridized carbons (Fsp3) is 0.533. The number of ether oxygens (including phenoxy) is 1. The van der Waals surface area contributed by atoms with Gasteiger partial charge in [0.15, 0.2) is 0 Å². The highest BCUT2D eigenvalue weighted by molar-refractivity contribution is 5.94. The summed E-state index contributed by atoms with van der Waals surface area (Å²) in [5.74, 6) is 0.964. The lowest BCUT2D eigenvalue weighted by molar-refractivity contribution is 0.0724. The fourth-order valence-corrected chi connectivity index (χ4v) is 2.23. The van der Waals surface area contributed by atoms with Crippen molar-refractivity contribution in [3.05, 3.63) is 29.8 Å². The summed E-state index contributed by atoms with van der Waals surface area (Å²) in [5, 5.41) is 0. The van der Waals surface area contributed by atoms with Crippen LogP contribution in [-0.2, 0) is 0 Å². The van der Waals surface area contributed by atoms with Crippen molar-refractivity contribution in [2.45, 2.75) is 39.2 Å². The lowest BCUT2D eigenvalue weighted by atomic mass is 10.1. The SMILES string of the molecule is CC(C)Oc1ccc(C(=O)N2CCCCC2)cc1. The quantitative estimate of drug-likeness (QED) is 0.821. The van der Waals surface area contributed by atoms with Gasteiger partial charge in [-0.05, 0) is 57.4 Å². The molecule has 3 nitrogen and oxygen atoms in total. The van der Waals surface area contributed by atoms with Crippen LogP contribution in [0.2, 0.25) is 0 Å². The molecule has 0 spiro atoms. The molecule has 0 radical (unpaired) electrons. The molecule has 1 aliphatic rings. The number of piperidine rings is 1. The van der Waals surface area contributed by atoms with Gasteiger partial charge >= 0.3 is 0 Å². The maximum Gasteiger partial charge on any atom is 0.253 e. The Kier molecular flexibility index (Phi) is 4.24. The van der Waals surface area contributed by atoms with Crippen molar-refractivity contribution in [1.82, 2.24) is 4.90 Å². The maximum absolute atomic E-state index is 12.2. The standard InChI is InChI=1S/C15H21NO2/c1-12(2)18-14-8-6-13(7-9-14)15(17)16-10-4-3-5-11-16/h6-9,12H,3-5,10-11H2,1-2H3. The zero-order chi connectivity index (χ0) is 13.0. The van der Waals surface area contributed by atoms with E-state index in [4.69, 9.17) is 4.74 Å². The van der Waals surface area contributed by atoms with Crippen molar-refractivity contribution in [2.24, 2.45) is 0 Å². The molecular formula is C15H21NO2. The number of hydrogen-bond donors (Lipinski definition) is 0. The first-order valence-electron chi connectivity index (χ1n) is 6.73. The highest BCUT2D eigenvalue weighted by Crippen LogP contribution is 2.17. The van der Waals surface area contributed by atoms with Gasteiger partial charge in [0.25, 0.3) is 5.91 Å². The van der Waals surface area contributed by atoms with Crippen LogP contribution in [-0.4, -0.2) is 30.0 Å². The lowest BCUT2D eigenvalue weighted by Crippen LogP contribution is -2.35. The fourth-order valence-electron chi connectivity index (χ4n) is 2.23. The van der Waals surface area contributed by atoms with E-state index < -0.39 is 0 Å². The van der Waals surface area contributed by atoms with E-state index in [0.29, 0.717) is 0 Å². The second kappa shape index (κ2) is 5.89. The molecule has 0 aliphatic carbocycles. The predicted molar refractivity (Wildman–Crippen MR) is 72.0 cm³/mol. The number of benzene rings is 1. The Morgan fingerprint density at radius 3 is 2.28 bits per heavy atom. The summed E-state index contributed by atoms with van der Waals surface area (Å²) < 4.78 is 5.57. The van der Waals surface area contributed by atoms with Gasteiger partial charge in [0.2, 0.25) is 0 Å². The Morgan fingerprint density at radius 2 is 1.72 bits per heavy atom. The van der Waals surface area contributed by atoms with Crippen LogP contribution in [0.3, 0.4) is 0 Å². The van der Waals surface area contributed by atoms with Gasteiger partial charge in [-0.2, -0.15) is 0 Å². The largest absolute Gasteiger partial charge is 0.491 e. The van der Waals surface area contributed by atoms with E-state index in [1.165, 1.54) is 6.42 Å². The van der Waals surface area contributed by atoms with Gasteiger partial charge in [-0.3, -0.25) is 4.79 Å². The molecule has 1 heterocycles. The summed E-state index contributed by atoms with van der Waals surface area (Å²) >= 11 is 0. The molecule has 1 saturated heterocycles. The Bertz CT molecular complexity index is 391. The predicted octanol–water partition coefficient (Wildman–Crippen LogP) is 3.10. The molecule has 0 saturated carbocycles. The smallest absolute Gasteiger partial charge is 0.253 e. The van der Waals surface area contributed by atoms with Crippen molar-refractivity contribution in [3.8, 4) is 5.75 Å². The highest BCUT2D eigenvalue weighted by Gasteiger charge is 2.17. The first-order chi connectivity index (χ1) is 8.66. The van der Waals surface area contributed by atoms with Crippen LogP contribution in [0.5, 0.6) is 5.75 Å². The van der Waals surface area contributed by atoms with Crippen molar-refractivity contribution < 1.29 is 9.53 Å². The van der Waals surface area contributed by atoms with E-state index in [1.54, 1.807) is 0 Å². The third-order valence-corrected chi connectivity index (χ3v) is 3.12. The molecule has 1 fully saturated rings. The number of amides is 1. The van der Waals surface area contributed by atoms with E-state index in [9.17, 15) is 4.79 Å². The Balaban J connectivity index is 2.02. The summed E-state index contributed by atoms with van der Waals surface area (Å²) in [6.45, 7) is 5.77. The molecule has 0 aromatic heterocycles. The summed E-state index contributed by atoms with van der Waals surface area (Å²) in [5.41, 5.74) is 0.757. The van der Waals surface area contributed by atoms with Gasteiger partial charge in [0.05, 0.1) is 6.10 Å². The summed E-state index contributed by atoms with van der Waals surface area (Å²) in [7, 11) is 0. The minimum atomic E-state index is 0.144. The van der Waals surface area contributed by atoms with Gasteiger partial charge in [-0.15, -0.1) is 0 Å². The van der Waals surface area contributed by atoms with Crippen molar-refractivity contribution in [3.63, 3.8) is 0 Å². The van der Waals surface area contributed by atoms with Crippen LogP contribution < -0.4 is 4.74 Å². The Morgan fingerprint density at radius 1 is 1.11 bits per heavy atom. The van der Waals surface area contributed by atoms with E-state index in [-0.39, 0.29) is 12.0 Å². The molecule has 18 heavy (non-hydrogen) atoms. The number of nitrogens with zero attached hydrogens (tertiary/aromatic N) is 1. The normalized spacial score (nSPS) is 15.8. The lowest BCUT2D eigenvalue weighted by Gasteiger charge is -2.26. The second-order valence-electron chi connectivity index (χ2n) is 5.04. The molecule has 0 N–H and O–H groups in total. The monoisotopic (exact) mass is 247 g/mol. The first kappa shape index (κ1) is 12.9. The van der Waals surface area contributed by atoms with Gasteiger partial charge in [0, 0.05) is 18.7 Å². The maximum atomic E-state index is 12.2. The zero-order valence-electron chi connectivity index (χ0n) is 11.2. The summed E-state index contributed by atoms with van der Waals surface area (Å²) in [6.07, 6.45) is 3.65. The molecule has 98 valence electrons. The van der Waals surface area contributed by atoms with Crippen LogP contribution in [0.15, 0.2) is 24.3 Å². The van der Waals surface area contributed by atoms with Gasteiger partial charge in [0.1, 0.15) is 5.75 Å². The minimum absolute atomic E-state index is 0.144. The van der Waals surface area contributed by atoms with E-state index in [0.717, 1.165) is 37.2 Å². The summed E-state index contributed by atoms with van der Waals surface area (Å²) in [4.78, 5) is 14.2. The topological polar surface area (TPSA) is 29.5 Å². The number of carbonyl (C=O) groups excluding carboxylic acids is 1. The van der Waals surface area contributed by atoms with Crippen molar-refractivity contribution in [2.75, 3.05) is 13.1 Å². The summed E-state index contributed by atoms with van der Waals surface area (Å²) in [6, 6.07) is 7.46. The molecular weight excluding hydrogens is 226 g/mol. The average molecular weight is 247 g/mol. The minimum Gasteiger partial charge on any atom is -0.491 e. The molecule has 3 heteroatoms. The van der Waals surface area contributed by atoms with Crippen molar-refractivity contribution >= 4 is 5.91 Å². The number of carbonyl (C=O) groups is 1. The number of rotatable bonds is 3. The number of likely N-dealkylation sites (tertiary alicyclic amines) is 1. The Hall–Kier alpha value is -1.51. The van der Waals surface area contributed by atoms with Crippen LogP contribution in [0.1, 0.15) is 43.5 Å². The van der Waals surface area contributed by atoms with E-state index in [1.807, 2.05) is 43.0 Å². The molecule has 0 bridgehead atoms. The van der Waals surface area contributed by atoms with Crippen LogP contribution in [0.4, 0.5) is 0 Å². The molecule has 2 rings (SSSR count). The third kappa shape index (κ3) is 3.25. The molecule has 1 amide bonds. The molecule has 1 aliphatic heterocycles. The molecule has 0 unspecified atom stereocenters. The first-order valence-corrected chi connectivity index (χ1v) is 6.73. The molecule has 1 aromatic carbocycles. The molecule has 1 aromatic rings. The zero-order valence-corrected chi connectivity index (χ0v) is 11.2. The van der Waals surface area contributed by atoms with E-state index >= 15 is 0 Å². The van der Waals surface area contributed by atoms with E-state index in [2.05, 4.69) is 0 Å². The van der Waals surface area contributed by atoms with Crippen LogP contribution >= 0.6 is 0 Å². The Labute approximate surface area is 109 Å². The third-order valence-electron chi connectivity index (χ3n) is 3.12. The van der Waals surface area contributed by atoms with Gasteiger partial charge in [-0.25, -0.2) is 0 Å². The average Bonchev–Trinajstić information content (AvgIpc) is 2.39.